The van der Waals surface area contributed by atoms with Crippen LogP contribution in [0.3, 0.4) is 0 Å². The first-order valence-corrected chi connectivity index (χ1v) is 6.31. The van der Waals surface area contributed by atoms with Gasteiger partial charge in [0.25, 0.3) is 0 Å². The van der Waals surface area contributed by atoms with Gasteiger partial charge in [-0.05, 0) is 32.0 Å². The molecule has 1 atom stereocenters. The van der Waals surface area contributed by atoms with E-state index in [-0.39, 0.29) is 18.8 Å². The number of carbonyl (C=O) groups excluding carboxylic acids is 1. The van der Waals surface area contributed by atoms with Crippen LogP contribution < -0.4 is 4.74 Å². The van der Waals surface area contributed by atoms with Gasteiger partial charge in [-0.25, -0.2) is 0 Å². The van der Waals surface area contributed by atoms with E-state index in [0.29, 0.717) is 12.2 Å². The van der Waals surface area contributed by atoms with Crippen molar-refractivity contribution in [2.75, 3.05) is 13.2 Å². The lowest BCUT2D eigenvalue weighted by Crippen LogP contribution is -2.39. The molecule has 0 radical (unpaired) electrons. The zero-order valence-corrected chi connectivity index (χ0v) is 11.2. The molecular weight excluding hydrogens is 273 g/mol. The number of hydrogen-bond donors (Lipinski definition) is 0. The van der Waals surface area contributed by atoms with Crippen LogP contribution in [0.5, 0.6) is 5.75 Å². The smallest absolute Gasteiger partial charge is 0.416 e. The molecule has 1 aromatic carbocycles. The second-order valence-electron chi connectivity index (χ2n) is 4.86. The first-order valence-electron chi connectivity index (χ1n) is 6.31. The molecule has 0 fully saturated rings. The van der Waals surface area contributed by atoms with Crippen molar-refractivity contribution in [1.82, 2.24) is 0 Å². The molecule has 1 aromatic rings. The topological polar surface area (TPSA) is 35.5 Å². The second-order valence-corrected chi connectivity index (χ2v) is 4.86. The van der Waals surface area contributed by atoms with Crippen molar-refractivity contribution >= 4 is 5.97 Å². The molecule has 0 aliphatic carbocycles. The Balaban J connectivity index is 2.50. The van der Waals surface area contributed by atoms with Gasteiger partial charge in [0.05, 0.1) is 24.2 Å². The quantitative estimate of drug-likeness (QED) is 0.783. The Kier molecular flexibility index (Phi) is 3.67. The maximum absolute atomic E-state index is 12.8. The summed E-state index contributed by atoms with van der Waals surface area (Å²) in [7, 11) is 0. The maximum atomic E-state index is 12.8. The van der Waals surface area contributed by atoms with E-state index in [9.17, 15) is 18.0 Å². The normalized spacial score (nSPS) is 21.9. The third kappa shape index (κ3) is 2.46. The highest BCUT2D eigenvalue weighted by atomic mass is 19.4. The average molecular weight is 288 g/mol. The van der Waals surface area contributed by atoms with Crippen LogP contribution >= 0.6 is 0 Å². The number of esters is 1. The van der Waals surface area contributed by atoms with Crippen LogP contribution in [0.15, 0.2) is 18.2 Å². The summed E-state index contributed by atoms with van der Waals surface area (Å²) in [6.07, 6.45) is -4.16. The monoisotopic (exact) mass is 288 g/mol. The Bertz CT molecular complexity index is 525. The fourth-order valence-corrected chi connectivity index (χ4v) is 2.27. The predicted molar refractivity (Wildman–Crippen MR) is 65.5 cm³/mol. The number of ether oxygens (including phenoxy) is 2. The number of carbonyl (C=O) groups is 1. The zero-order valence-electron chi connectivity index (χ0n) is 11.2. The molecule has 110 valence electrons. The number of hydrogen-bond acceptors (Lipinski definition) is 3. The molecule has 3 nitrogen and oxygen atoms in total. The highest BCUT2D eigenvalue weighted by molar-refractivity contribution is 5.84. The van der Waals surface area contributed by atoms with Gasteiger partial charge in [-0.3, -0.25) is 4.79 Å². The Morgan fingerprint density at radius 3 is 2.75 bits per heavy atom. The summed E-state index contributed by atoms with van der Waals surface area (Å²) >= 11 is 0. The summed E-state index contributed by atoms with van der Waals surface area (Å²) < 4.78 is 48.7. The van der Waals surface area contributed by atoms with Gasteiger partial charge in [-0.15, -0.1) is 0 Å². The predicted octanol–water partition coefficient (Wildman–Crippen LogP) is 3.31. The fourth-order valence-electron chi connectivity index (χ4n) is 2.27. The zero-order chi connectivity index (χ0) is 15.0. The van der Waals surface area contributed by atoms with Crippen molar-refractivity contribution in [2.24, 2.45) is 0 Å². The molecule has 6 heteroatoms. The summed E-state index contributed by atoms with van der Waals surface area (Å²) in [5.74, 6) is -0.219. The standard InChI is InChI=1S/C14H15F3O3/c1-3-19-12(18)13(2)6-7-20-11-5-4-9(8-10(11)13)14(15,16)17/h4-5,8H,3,6-7H2,1-2H3. The third-order valence-electron chi connectivity index (χ3n) is 3.49. The molecule has 0 N–H and O–H groups in total. The van der Waals surface area contributed by atoms with Crippen molar-refractivity contribution in [2.45, 2.75) is 31.9 Å². The van der Waals surface area contributed by atoms with E-state index < -0.39 is 23.1 Å². The van der Waals surface area contributed by atoms with Gasteiger partial charge < -0.3 is 9.47 Å². The fraction of sp³-hybridized carbons (Fsp3) is 0.500. The molecule has 1 aliphatic rings. The molecular formula is C14H15F3O3. The van der Waals surface area contributed by atoms with Gasteiger partial charge in [0.1, 0.15) is 5.75 Å². The van der Waals surface area contributed by atoms with Crippen LogP contribution in [0.2, 0.25) is 0 Å². The first-order chi connectivity index (χ1) is 9.29. The van der Waals surface area contributed by atoms with Crippen LogP contribution in [0.25, 0.3) is 0 Å². The van der Waals surface area contributed by atoms with Gasteiger partial charge in [0.2, 0.25) is 0 Å². The van der Waals surface area contributed by atoms with E-state index in [1.165, 1.54) is 6.07 Å². The van der Waals surface area contributed by atoms with Crippen LogP contribution in [-0.4, -0.2) is 19.2 Å². The number of benzene rings is 1. The van der Waals surface area contributed by atoms with Crippen molar-refractivity contribution in [3.63, 3.8) is 0 Å². The van der Waals surface area contributed by atoms with E-state index in [1.54, 1.807) is 13.8 Å². The van der Waals surface area contributed by atoms with Crippen molar-refractivity contribution < 1.29 is 27.4 Å². The van der Waals surface area contributed by atoms with Gasteiger partial charge >= 0.3 is 12.1 Å². The Morgan fingerprint density at radius 2 is 2.15 bits per heavy atom. The molecule has 1 heterocycles. The van der Waals surface area contributed by atoms with Crippen LogP contribution in [0.1, 0.15) is 31.4 Å². The number of alkyl halides is 3. The van der Waals surface area contributed by atoms with Crippen molar-refractivity contribution in [3.05, 3.63) is 29.3 Å². The second kappa shape index (κ2) is 5.00. The SMILES string of the molecule is CCOC(=O)C1(C)CCOc2ccc(C(F)(F)F)cc21. The van der Waals surface area contributed by atoms with Crippen LogP contribution in [0, 0.1) is 0 Å². The van der Waals surface area contributed by atoms with Crippen LogP contribution in [0.4, 0.5) is 13.2 Å². The summed E-state index contributed by atoms with van der Waals surface area (Å²) in [4.78, 5) is 12.1. The summed E-state index contributed by atoms with van der Waals surface area (Å²) in [6, 6.07) is 3.19. The van der Waals surface area contributed by atoms with Gasteiger partial charge in [0, 0.05) is 12.0 Å². The molecule has 20 heavy (non-hydrogen) atoms. The molecule has 1 aliphatic heterocycles. The largest absolute Gasteiger partial charge is 0.493 e. The highest BCUT2D eigenvalue weighted by Gasteiger charge is 2.43. The minimum Gasteiger partial charge on any atom is -0.493 e. The maximum Gasteiger partial charge on any atom is 0.416 e. The highest BCUT2D eigenvalue weighted by Crippen LogP contribution is 2.42. The van der Waals surface area contributed by atoms with E-state index in [0.717, 1.165) is 12.1 Å². The van der Waals surface area contributed by atoms with Gasteiger partial charge in [-0.2, -0.15) is 13.2 Å². The Morgan fingerprint density at radius 1 is 1.45 bits per heavy atom. The summed E-state index contributed by atoms with van der Waals surface area (Å²) in [6.45, 7) is 3.71. The van der Waals surface area contributed by atoms with Crippen molar-refractivity contribution in [1.29, 1.82) is 0 Å². The first kappa shape index (κ1) is 14.7. The van der Waals surface area contributed by atoms with E-state index >= 15 is 0 Å². The van der Waals surface area contributed by atoms with E-state index in [2.05, 4.69) is 0 Å². The Labute approximate surface area is 114 Å². The lowest BCUT2D eigenvalue weighted by molar-refractivity contribution is -0.151. The number of rotatable bonds is 2. The minimum absolute atomic E-state index is 0.184. The molecule has 0 amide bonds. The molecule has 1 unspecified atom stereocenters. The molecule has 0 spiro atoms. The van der Waals surface area contributed by atoms with Crippen LogP contribution in [-0.2, 0) is 21.1 Å². The minimum atomic E-state index is -4.46. The molecule has 0 bridgehead atoms. The number of halogens is 3. The third-order valence-corrected chi connectivity index (χ3v) is 3.49. The van der Waals surface area contributed by atoms with E-state index in [1.807, 2.05) is 0 Å². The Hall–Kier alpha value is -1.72. The molecule has 0 aromatic heterocycles. The molecule has 2 rings (SSSR count). The van der Waals surface area contributed by atoms with Gasteiger partial charge in [-0.1, -0.05) is 0 Å². The van der Waals surface area contributed by atoms with E-state index in [4.69, 9.17) is 9.47 Å². The summed E-state index contributed by atoms with van der Waals surface area (Å²) in [5, 5.41) is 0. The van der Waals surface area contributed by atoms with Gasteiger partial charge in [0.15, 0.2) is 0 Å². The average Bonchev–Trinajstić information content (AvgIpc) is 2.38. The lowest BCUT2D eigenvalue weighted by Gasteiger charge is -2.34. The van der Waals surface area contributed by atoms with Crippen molar-refractivity contribution in [3.8, 4) is 5.75 Å². The molecule has 0 saturated carbocycles. The lowest BCUT2D eigenvalue weighted by atomic mass is 9.77. The number of fused-ring (bicyclic) bond motifs is 1. The molecule has 0 saturated heterocycles. The summed E-state index contributed by atoms with van der Waals surface area (Å²) in [5.41, 5.74) is -1.67.